The first-order valence-electron chi connectivity index (χ1n) is 8.74. The summed E-state index contributed by atoms with van der Waals surface area (Å²) in [6.07, 6.45) is 2.27. The van der Waals surface area contributed by atoms with E-state index in [0.717, 1.165) is 44.0 Å². The number of carbonyl (C=O) groups is 1. The fourth-order valence-electron chi connectivity index (χ4n) is 3.42. The van der Waals surface area contributed by atoms with Crippen LogP contribution in [0.2, 0.25) is 0 Å². The maximum Gasteiger partial charge on any atom is 0.317 e. The molecule has 132 valence electrons. The Morgan fingerprint density at radius 3 is 2.71 bits per heavy atom. The van der Waals surface area contributed by atoms with Gasteiger partial charge in [0.15, 0.2) is 0 Å². The number of hydrogen-bond acceptors (Lipinski definition) is 4. The Hall–Kier alpha value is -1.95. The van der Waals surface area contributed by atoms with Gasteiger partial charge in [0.1, 0.15) is 5.75 Å². The van der Waals surface area contributed by atoms with Gasteiger partial charge in [-0.25, -0.2) is 4.79 Å². The molecule has 2 atom stereocenters. The van der Waals surface area contributed by atoms with Crippen molar-refractivity contribution in [2.24, 2.45) is 0 Å². The van der Waals surface area contributed by atoms with Crippen molar-refractivity contribution < 1.29 is 14.3 Å². The number of nitrogens with one attached hydrogen (secondary N) is 1. The molecule has 2 unspecified atom stereocenters. The van der Waals surface area contributed by atoms with E-state index in [4.69, 9.17) is 9.47 Å². The number of urea groups is 1. The number of hydrogen-bond donors (Lipinski definition) is 1. The average Bonchev–Trinajstić information content (AvgIpc) is 3.16. The molecular formula is C18H27N3O3. The number of carbonyl (C=O) groups excluding carboxylic acids is 1. The lowest BCUT2D eigenvalue weighted by Gasteiger charge is -2.37. The summed E-state index contributed by atoms with van der Waals surface area (Å²) < 4.78 is 11.1. The zero-order valence-electron chi connectivity index (χ0n) is 14.5. The van der Waals surface area contributed by atoms with Gasteiger partial charge in [-0.15, -0.1) is 0 Å². The molecule has 0 aliphatic carbocycles. The smallest absolute Gasteiger partial charge is 0.317 e. The topological polar surface area (TPSA) is 54.0 Å². The van der Waals surface area contributed by atoms with Gasteiger partial charge in [0.05, 0.1) is 24.9 Å². The van der Waals surface area contributed by atoms with Crippen LogP contribution in [0.4, 0.5) is 10.5 Å². The van der Waals surface area contributed by atoms with Crippen LogP contribution in [0.15, 0.2) is 24.3 Å². The van der Waals surface area contributed by atoms with Gasteiger partial charge < -0.3 is 24.6 Å². The summed E-state index contributed by atoms with van der Waals surface area (Å²) in [7, 11) is 1.69. The van der Waals surface area contributed by atoms with Crippen molar-refractivity contribution in [1.29, 1.82) is 0 Å². The van der Waals surface area contributed by atoms with E-state index in [2.05, 4.69) is 16.3 Å². The van der Waals surface area contributed by atoms with E-state index in [0.29, 0.717) is 13.1 Å². The lowest BCUT2D eigenvalue weighted by atomic mass is 10.1. The number of nitrogens with zero attached hydrogens (tertiary/aromatic N) is 2. The molecule has 1 aromatic carbocycles. The monoisotopic (exact) mass is 333 g/mol. The predicted octanol–water partition coefficient (Wildman–Crippen LogP) is 2.09. The second kappa shape index (κ2) is 7.75. The minimum Gasteiger partial charge on any atom is -0.495 e. The third-order valence-corrected chi connectivity index (χ3v) is 4.87. The average molecular weight is 333 g/mol. The number of methoxy groups -OCH3 is 1. The molecule has 2 heterocycles. The van der Waals surface area contributed by atoms with Gasteiger partial charge in [-0.05, 0) is 31.9 Å². The molecule has 6 heteroatoms. The standard InChI is InChI=1S/C18H27N3O3/c1-14(16-8-5-13-24-16)19-18(22)21-11-9-20(10-12-21)15-6-3-4-7-17(15)23-2/h3-4,6-7,14,16H,5,8-13H2,1-2H3,(H,19,22). The van der Waals surface area contributed by atoms with Gasteiger partial charge in [0, 0.05) is 32.8 Å². The Morgan fingerprint density at radius 2 is 2.04 bits per heavy atom. The van der Waals surface area contributed by atoms with Crippen molar-refractivity contribution in [2.45, 2.75) is 31.9 Å². The molecular weight excluding hydrogens is 306 g/mol. The zero-order valence-corrected chi connectivity index (χ0v) is 14.5. The molecule has 2 fully saturated rings. The van der Waals surface area contributed by atoms with E-state index >= 15 is 0 Å². The maximum absolute atomic E-state index is 12.4. The Labute approximate surface area is 143 Å². The lowest BCUT2D eigenvalue weighted by molar-refractivity contribution is 0.0831. The molecule has 2 amide bonds. The molecule has 1 aromatic rings. The molecule has 0 saturated carbocycles. The van der Waals surface area contributed by atoms with Crippen molar-refractivity contribution >= 4 is 11.7 Å². The van der Waals surface area contributed by atoms with E-state index in [1.165, 1.54) is 0 Å². The normalized spacial score (nSPS) is 22.3. The highest BCUT2D eigenvalue weighted by Gasteiger charge is 2.27. The number of piperazine rings is 1. The number of ether oxygens (including phenoxy) is 2. The number of para-hydroxylation sites is 2. The lowest BCUT2D eigenvalue weighted by Crippen LogP contribution is -2.54. The van der Waals surface area contributed by atoms with Crippen molar-refractivity contribution in [2.75, 3.05) is 44.8 Å². The summed E-state index contributed by atoms with van der Waals surface area (Å²) in [4.78, 5) is 16.6. The van der Waals surface area contributed by atoms with Gasteiger partial charge in [-0.1, -0.05) is 12.1 Å². The van der Waals surface area contributed by atoms with E-state index < -0.39 is 0 Å². The molecule has 2 saturated heterocycles. The summed E-state index contributed by atoms with van der Waals surface area (Å²) in [5.74, 6) is 0.877. The van der Waals surface area contributed by atoms with Crippen LogP contribution in [0.5, 0.6) is 5.75 Å². The van der Waals surface area contributed by atoms with E-state index in [1.54, 1.807) is 7.11 Å². The van der Waals surface area contributed by atoms with Gasteiger partial charge >= 0.3 is 6.03 Å². The van der Waals surface area contributed by atoms with Crippen molar-refractivity contribution in [3.63, 3.8) is 0 Å². The highest BCUT2D eigenvalue weighted by Crippen LogP contribution is 2.28. The van der Waals surface area contributed by atoms with Crippen LogP contribution in [0.1, 0.15) is 19.8 Å². The van der Waals surface area contributed by atoms with Crippen LogP contribution in [0, 0.1) is 0 Å². The Morgan fingerprint density at radius 1 is 1.29 bits per heavy atom. The first kappa shape index (κ1) is 16.9. The highest BCUT2D eigenvalue weighted by molar-refractivity contribution is 5.75. The van der Waals surface area contributed by atoms with Gasteiger partial charge in [0.2, 0.25) is 0 Å². The molecule has 0 radical (unpaired) electrons. The number of amides is 2. The molecule has 1 N–H and O–H groups in total. The third kappa shape index (κ3) is 3.75. The van der Waals surface area contributed by atoms with Crippen LogP contribution < -0.4 is 15.0 Å². The largest absolute Gasteiger partial charge is 0.495 e. The number of benzene rings is 1. The molecule has 0 spiro atoms. The number of rotatable bonds is 4. The van der Waals surface area contributed by atoms with Crippen LogP contribution in [0.3, 0.4) is 0 Å². The van der Waals surface area contributed by atoms with E-state index in [9.17, 15) is 4.79 Å². The highest BCUT2D eigenvalue weighted by atomic mass is 16.5. The number of anilines is 1. The van der Waals surface area contributed by atoms with Crippen LogP contribution in [-0.4, -0.2) is 63.0 Å². The maximum atomic E-state index is 12.4. The van der Waals surface area contributed by atoms with E-state index in [-0.39, 0.29) is 18.2 Å². The summed E-state index contributed by atoms with van der Waals surface area (Å²) in [5, 5.41) is 3.09. The summed E-state index contributed by atoms with van der Waals surface area (Å²) >= 11 is 0. The molecule has 0 bridgehead atoms. The Balaban J connectivity index is 1.52. The van der Waals surface area contributed by atoms with Gasteiger partial charge in [0.25, 0.3) is 0 Å². The Kier molecular flexibility index (Phi) is 5.45. The summed E-state index contributed by atoms with van der Waals surface area (Å²) in [5.41, 5.74) is 1.09. The van der Waals surface area contributed by atoms with Crippen molar-refractivity contribution in [1.82, 2.24) is 10.2 Å². The molecule has 24 heavy (non-hydrogen) atoms. The first-order chi connectivity index (χ1) is 11.7. The Bertz CT molecular complexity index is 552. The zero-order chi connectivity index (χ0) is 16.9. The fraction of sp³-hybridized carbons (Fsp3) is 0.611. The summed E-state index contributed by atoms with van der Waals surface area (Å²) in [6.45, 7) is 5.87. The third-order valence-electron chi connectivity index (χ3n) is 4.87. The quantitative estimate of drug-likeness (QED) is 0.917. The van der Waals surface area contributed by atoms with Crippen LogP contribution in [0.25, 0.3) is 0 Å². The van der Waals surface area contributed by atoms with Gasteiger partial charge in [-0.2, -0.15) is 0 Å². The first-order valence-corrected chi connectivity index (χ1v) is 8.74. The SMILES string of the molecule is COc1ccccc1N1CCN(C(=O)NC(C)C2CCCO2)CC1. The molecule has 6 nitrogen and oxygen atoms in total. The van der Waals surface area contributed by atoms with Crippen molar-refractivity contribution in [3.8, 4) is 5.75 Å². The molecule has 3 rings (SSSR count). The van der Waals surface area contributed by atoms with E-state index in [1.807, 2.05) is 30.0 Å². The molecule has 0 aromatic heterocycles. The minimum atomic E-state index is 0.0117. The van der Waals surface area contributed by atoms with Crippen LogP contribution >= 0.6 is 0 Å². The van der Waals surface area contributed by atoms with Gasteiger partial charge in [-0.3, -0.25) is 0 Å². The van der Waals surface area contributed by atoms with Crippen molar-refractivity contribution in [3.05, 3.63) is 24.3 Å². The predicted molar refractivity (Wildman–Crippen MR) is 93.7 cm³/mol. The molecule has 2 aliphatic rings. The summed E-state index contributed by atoms with van der Waals surface area (Å²) in [6, 6.07) is 8.09. The fourth-order valence-corrected chi connectivity index (χ4v) is 3.42. The second-order valence-corrected chi connectivity index (χ2v) is 6.44. The second-order valence-electron chi connectivity index (χ2n) is 6.44. The molecule has 2 aliphatic heterocycles. The van der Waals surface area contributed by atoms with Crippen LogP contribution in [-0.2, 0) is 4.74 Å². The minimum absolute atomic E-state index is 0.0117.